The van der Waals surface area contributed by atoms with Gasteiger partial charge < -0.3 is 5.73 Å². The van der Waals surface area contributed by atoms with Crippen molar-refractivity contribution in [2.24, 2.45) is 11.7 Å². The fraction of sp³-hybridized carbons (Fsp3) is 0.350. The third-order valence-electron chi connectivity index (χ3n) is 5.06. The zero-order valence-corrected chi connectivity index (χ0v) is 18.0. The molecule has 2 aromatic heterocycles. The molecule has 0 bridgehead atoms. The van der Waals surface area contributed by atoms with Crippen molar-refractivity contribution in [1.82, 2.24) is 9.55 Å². The summed E-state index contributed by atoms with van der Waals surface area (Å²) in [7, 11) is 0. The second-order valence-electron chi connectivity index (χ2n) is 7.26. The van der Waals surface area contributed by atoms with E-state index in [2.05, 4.69) is 6.92 Å². The predicted octanol–water partition coefficient (Wildman–Crippen LogP) is 4.11. The molecule has 1 aliphatic rings. The van der Waals surface area contributed by atoms with E-state index < -0.39 is 5.91 Å². The van der Waals surface area contributed by atoms with Crippen molar-refractivity contribution in [2.75, 3.05) is 5.75 Å². The number of rotatable bonds is 4. The zero-order valence-electron chi connectivity index (χ0n) is 15.6. The maximum absolute atomic E-state index is 13.6. The summed E-state index contributed by atoms with van der Waals surface area (Å²) < 4.78 is 1.56. The SMILES string of the molecule is Cc1ccc(-n2c(SCC(N)=O)nc3sc4c(c3c2=O)CC[C@H](C)C4)cc1Cl. The molecule has 3 aromatic rings. The van der Waals surface area contributed by atoms with Crippen molar-refractivity contribution in [3.05, 3.63) is 49.6 Å². The number of halogens is 1. The number of thiophene rings is 1. The summed E-state index contributed by atoms with van der Waals surface area (Å²) in [6.07, 6.45) is 2.96. The van der Waals surface area contributed by atoms with Gasteiger partial charge in [-0.2, -0.15) is 0 Å². The minimum Gasteiger partial charge on any atom is -0.369 e. The van der Waals surface area contributed by atoms with Crippen LogP contribution in [0.2, 0.25) is 5.02 Å². The third kappa shape index (κ3) is 3.47. The lowest BCUT2D eigenvalue weighted by Gasteiger charge is -2.18. The second kappa shape index (κ2) is 7.54. The minimum absolute atomic E-state index is 0.0552. The number of fused-ring (bicyclic) bond motifs is 3. The Labute approximate surface area is 175 Å². The molecule has 0 radical (unpaired) electrons. The molecule has 1 aromatic carbocycles. The number of benzene rings is 1. The van der Waals surface area contributed by atoms with E-state index in [0.717, 1.165) is 35.2 Å². The van der Waals surface area contributed by atoms with Gasteiger partial charge in [-0.1, -0.05) is 36.4 Å². The second-order valence-corrected chi connectivity index (χ2v) is 9.69. The highest BCUT2D eigenvalue weighted by atomic mass is 35.5. The fourth-order valence-corrected chi connectivity index (χ4v) is 5.90. The van der Waals surface area contributed by atoms with Crippen LogP contribution >= 0.6 is 34.7 Å². The van der Waals surface area contributed by atoms with E-state index in [9.17, 15) is 9.59 Å². The van der Waals surface area contributed by atoms with E-state index in [4.69, 9.17) is 22.3 Å². The first-order valence-corrected chi connectivity index (χ1v) is 11.3. The number of hydrogen-bond donors (Lipinski definition) is 1. The highest BCUT2D eigenvalue weighted by molar-refractivity contribution is 7.99. The molecular formula is C20H20ClN3O2S2. The topological polar surface area (TPSA) is 78.0 Å². The molecule has 4 rings (SSSR count). The van der Waals surface area contributed by atoms with Crippen molar-refractivity contribution in [3.63, 3.8) is 0 Å². The van der Waals surface area contributed by atoms with Gasteiger partial charge in [0.2, 0.25) is 5.91 Å². The van der Waals surface area contributed by atoms with Gasteiger partial charge in [0.05, 0.1) is 16.8 Å². The Balaban J connectivity index is 1.97. The van der Waals surface area contributed by atoms with Gasteiger partial charge in [-0.05, 0) is 55.4 Å². The molecule has 5 nitrogen and oxygen atoms in total. The van der Waals surface area contributed by atoms with Crippen LogP contribution in [0.5, 0.6) is 0 Å². The summed E-state index contributed by atoms with van der Waals surface area (Å²) in [4.78, 5) is 31.6. The number of primary amides is 1. The Bertz CT molecular complexity index is 1150. The van der Waals surface area contributed by atoms with Crippen LogP contribution in [0.4, 0.5) is 0 Å². The van der Waals surface area contributed by atoms with E-state index in [1.165, 1.54) is 16.6 Å². The highest BCUT2D eigenvalue weighted by Gasteiger charge is 2.25. The van der Waals surface area contributed by atoms with Crippen LogP contribution in [0.1, 0.15) is 29.3 Å². The van der Waals surface area contributed by atoms with Crippen molar-refractivity contribution in [3.8, 4) is 5.69 Å². The smallest absolute Gasteiger partial charge is 0.267 e. The standard InChI is InChI=1S/C20H20ClN3O2S2/c1-10-3-6-13-15(7-10)28-18-17(13)19(26)24(20(23-18)27-9-16(22)25)12-5-4-11(2)14(21)8-12/h4-5,8,10H,3,6-7,9H2,1-2H3,(H2,22,25)/t10-/m0/s1. The number of aryl methyl sites for hydroxylation is 2. The van der Waals surface area contributed by atoms with E-state index in [-0.39, 0.29) is 11.3 Å². The molecule has 2 N–H and O–H groups in total. The zero-order chi connectivity index (χ0) is 20.0. The predicted molar refractivity (Wildman–Crippen MR) is 116 cm³/mol. The van der Waals surface area contributed by atoms with Crippen LogP contribution in [-0.2, 0) is 17.6 Å². The normalized spacial score (nSPS) is 16.3. The molecule has 0 saturated heterocycles. The first-order chi connectivity index (χ1) is 13.3. The van der Waals surface area contributed by atoms with E-state index in [1.54, 1.807) is 22.0 Å². The molecule has 8 heteroatoms. The molecule has 0 saturated carbocycles. The molecule has 2 heterocycles. The Morgan fingerprint density at radius 3 is 2.96 bits per heavy atom. The highest BCUT2D eigenvalue weighted by Crippen LogP contribution is 2.37. The van der Waals surface area contributed by atoms with Crippen LogP contribution in [-0.4, -0.2) is 21.2 Å². The Morgan fingerprint density at radius 1 is 1.46 bits per heavy atom. The van der Waals surface area contributed by atoms with Crippen LogP contribution in [0, 0.1) is 12.8 Å². The van der Waals surface area contributed by atoms with Gasteiger partial charge in [0, 0.05) is 9.90 Å². The number of aromatic nitrogens is 2. The lowest BCUT2D eigenvalue weighted by atomic mass is 9.89. The van der Waals surface area contributed by atoms with Gasteiger partial charge in [-0.25, -0.2) is 4.98 Å². The van der Waals surface area contributed by atoms with Crippen LogP contribution in [0.3, 0.4) is 0 Å². The summed E-state index contributed by atoms with van der Waals surface area (Å²) in [5.41, 5.74) is 7.93. The number of amides is 1. The number of nitrogens with two attached hydrogens (primary N) is 1. The van der Waals surface area contributed by atoms with Crippen molar-refractivity contribution >= 4 is 50.8 Å². The molecule has 1 aliphatic carbocycles. The van der Waals surface area contributed by atoms with E-state index in [0.29, 0.717) is 27.2 Å². The number of hydrogen-bond acceptors (Lipinski definition) is 5. The van der Waals surface area contributed by atoms with Crippen molar-refractivity contribution in [2.45, 2.75) is 38.3 Å². The number of carbonyl (C=O) groups is 1. The van der Waals surface area contributed by atoms with E-state index in [1.807, 2.05) is 19.1 Å². The third-order valence-corrected chi connectivity index (χ3v) is 7.57. The van der Waals surface area contributed by atoms with Gasteiger partial charge >= 0.3 is 0 Å². The quantitative estimate of drug-likeness (QED) is 0.496. The number of nitrogens with zero attached hydrogens (tertiary/aromatic N) is 2. The van der Waals surface area contributed by atoms with Crippen molar-refractivity contribution < 1.29 is 4.79 Å². The summed E-state index contributed by atoms with van der Waals surface area (Å²) >= 11 is 9.08. The first kappa shape index (κ1) is 19.5. The minimum atomic E-state index is -0.452. The molecule has 0 fully saturated rings. The Hall–Kier alpha value is -1.83. The Morgan fingerprint density at radius 2 is 2.25 bits per heavy atom. The van der Waals surface area contributed by atoms with Crippen LogP contribution in [0.15, 0.2) is 28.2 Å². The molecule has 0 spiro atoms. The van der Waals surface area contributed by atoms with E-state index >= 15 is 0 Å². The van der Waals surface area contributed by atoms with Gasteiger partial charge in [0.1, 0.15) is 4.83 Å². The fourth-order valence-electron chi connectivity index (χ4n) is 3.55. The van der Waals surface area contributed by atoms with Gasteiger partial charge in [-0.15, -0.1) is 11.3 Å². The summed E-state index contributed by atoms with van der Waals surface area (Å²) in [5, 5.41) is 1.74. The maximum Gasteiger partial charge on any atom is 0.267 e. The average molecular weight is 434 g/mol. The van der Waals surface area contributed by atoms with Gasteiger partial charge in [0.15, 0.2) is 5.16 Å². The van der Waals surface area contributed by atoms with Gasteiger partial charge in [-0.3, -0.25) is 14.2 Å². The van der Waals surface area contributed by atoms with Crippen LogP contribution < -0.4 is 11.3 Å². The summed E-state index contributed by atoms with van der Waals surface area (Å²) in [6.45, 7) is 4.15. The molecule has 0 aliphatic heterocycles. The summed E-state index contributed by atoms with van der Waals surface area (Å²) in [6, 6.07) is 5.49. The number of thioether (sulfide) groups is 1. The molecule has 0 unspecified atom stereocenters. The maximum atomic E-state index is 13.6. The molecule has 146 valence electrons. The average Bonchev–Trinajstić information content (AvgIpc) is 3.00. The number of carbonyl (C=O) groups excluding carboxylic acids is 1. The largest absolute Gasteiger partial charge is 0.369 e. The monoisotopic (exact) mass is 433 g/mol. The van der Waals surface area contributed by atoms with Gasteiger partial charge in [0.25, 0.3) is 5.56 Å². The molecular weight excluding hydrogens is 414 g/mol. The van der Waals surface area contributed by atoms with Crippen LogP contribution in [0.25, 0.3) is 15.9 Å². The lowest BCUT2D eigenvalue weighted by Crippen LogP contribution is -2.23. The lowest BCUT2D eigenvalue weighted by molar-refractivity contribution is -0.115. The summed E-state index contributed by atoms with van der Waals surface area (Å²) in [5.74, 6) is 0.217. The van der Waals surface area contributed by atoms with Crippen molar-refractivity contribution in [1.29, 1.82) is 0 Å². The molecule has 1 atom stereocenters. The first-order valence-electron chi connectivity index (χ1n) is 9.10. The Kier molecular flexibility index (Phi) is 5.24. The molecule has 28 heavy (non-hydrogen) atoms. The molecule has 1 amide bonds.